The van der Waals surface area contributed by atoms with Crippen molar-refractivity contribution in [3.05, 3.63) is 108 Å². The average molecular weight is 858 g/mol. The van der Waals surface area contributed by atoms with Gasteiger partial charge < -0.3 is 57.4 Å². The van der Waals surface area contributed by atoms with E-state index in [-0.39, 0.29) is 19.8 Å². The molecule has 18 heteroatoms. The average Bonchev–Trinajstić information content (AvgIpc) is 3.25. The first kappa shape index (κ1) is 45.9. The minimum atomic E-state index is -1.73. The predicted molar refractivity (Wildman–Crippen MR) is 208 cm³/mol. The monoisotopic (exact) mass is 857 g/mol. The lowest BCUT2D eigenvalue weighted by molar-refractivity contribution is -0.350. The summed E-state index contributed by atoms with van der Waals surface area (Å²) in [7, 11) is 2.43. The second-order valence-electron chi connectivity index (χ2n) is 13.5. The van der Waals surface area contributed by atoms with Gasteiger partial charge in [-0.3, -0.25) is 14.4 Å². The molecule has 3 aromatic carbocycles. The summed E-state index contributed by atoms with van der Waals surface area (Å²) >= 11 is 5.82. The normalized spacial score (nSPS) is 26.2. The zero-order valence-corrected chi connectivity index (χ0v) is 34.1. The van der Waals surface area contributed by atoms with Crippen molar-refractivity contribution in [3.8, 4) is 0 Å². The van der Waals surface area contributed by atoms with Crippen LogP contribution in [0.4, 0.5) is 4.79 Å². The first-order valence-corrected chi connectivity index (χ1v) is 19.5. The van der Waals surface area contributed by atoms with Gasteiger partial charge in [-0.25, -0.2) is 9.59 Å². The Hall–Kier alpha value is -5.14. The second-order valence-corrected chi connectivity index (χ2v) is 13.8. The smallest absolute Gasteiger partial charge is 0.407 e. The molecule has 3 aromatic rings. The van der Waals surface area contributed by atoms with Crippen molar-refractivity contribution in [1.29, 1.82) is 0 Å². The van der Waals surface area contributed by atoms with E-state index in [1.165, 1.54) is 14.0 Å². The number of alkyl halides is 1. The molecule has 2 aliphatic heterocycles. The van der Waals surface area contributed by atoms with Crippen LogP contribution in [-0.2, 0) is 91.1 Å². The highest BCUT2D eigenvalue weighted by molar-refractivity contribution is 6.26. The third-order valence-electron chi connectivity index (χ3n) is 9.30. The number of carbonyl (C=O) groups is 5. The van der Waals surface area contributed by atoms with E-state index >= 15 is 0 Å². The molecular formula is C42H48ClNO16. The Balaban J connectivity index is 1.57. The summed E-state index contributed by atoms with van der Waals surface area (Å²) in [5, 5.41) is 2.77. The van der Waals surface area contributed by atoms with Gasteiger partial charge in [0.05, 0.1) is 20.3 Å². The molecule has 10 atom stereocenters. The quantitative estimate of drug-likeness (QED) is 0.110. The van der Waals surface area contributed by atoms with Gasteiger partial charge >= 0.3 is 30.0 Å². The molecule has 60 heavy (non-hydrogen) atoms. The molecule has 324 valence electrons. The molecule has 2 fully saturated rings. The minimum Gasteiger partial charge on any atom is -0.467 e. The number of hydrogen-bond donors (Lipinski definition) is 1. The first-order chi connectivity index (χ1) is 29.0. The third kappa shape index (κ3) is 12.9. The number of rotatable bonds is 18. The van der Waals surface area contributed by atoms with Gasteiger partial charge in [0.15, 0.2) is 30.9 Å². The Kier molecular flexibility index (Phi) is 17.6. The minimum absolute atomic E-state index is 0.0394. The Morgan fingerprint density at radius 2 is 1.20 bits per heavy atom. The van der Waals surface area contributed by atoms with Crippen molar-refractivity contribution < 1.29 is 76.1 Å². The molecule has 0 aliphatic carbocycles. The van der Waals surface area contributed by atoms with Crippen LogP contribution in [0.5, 0.6) is 0 Å². The molecule has 0 spiro atoms. The lowest BCUT2D eigenvalue weighted by Gasteiger charge is -2.49. The first-order valence-electron chi connectivity index (χ1n) is 18.9. The molecule has 1 amide bonds. The van der Waals surface area contributed by atoms with Crippen molar-refractivity contribution in [2.24, 2.45) is 0 Å². The molecule has 0 bridgehead atoms. The van der Waals surface area contributed by atoms with Gasteiger partial charge in [0.25, 0.3) is 0 Å². The van der Waals surface area contributed by atoms with Crippen LogP contribution in [0.2, 0.25) is 0 Å². The van der Waals surface area contributed by atoms with Crippen LogP contribution in [0.25, 0.3) is 0 Å². The van der Waals surface area contributed by atoms with Crippen molar-refractivity contribution in [2.75, 3.05) is 26.7 Å². The van der Waals surface area contributed by atoms with E-state index in [1.54, 1.807) is 54.6 Å². The van der Waals surface area contributed by atoms with Gasteiger partial charge in [0.1, 0.15) is 49.6 Å². The molecule has 0 radical (unpaired) electrons. The second kappa shape index (κ2) is 23.0. The van der Waals surface area contributed by atoms with Crippen LogP contribution >= 0.6 is 11.6 Å². The maximum atomic E-state index is 13.5. The van der Waals surface area contributed by atoms with Crippen LogP contribution in [-0.4, -0.2) is 118 Å². The molecule has 17 nitrogen and oxygen atoms in total. The van der Waals surface area contributed by atoms with Gasteiger partial charge in [-0.15, -0.1) is 11.6 Å². The number of nitrogens with one attached hydrogen (secondary N) is 1. The summed E-state index contributed by atoms with van der Waals surface area (Å²) in [6, 6.07) is 25.8. The number of halogens is 1. The number of alkyl carbamates (subject to hydrolysis) is 1. The van der Waals surface area contributed by atoms with Gasteiger partial charge in [0.2, 0.25) is 0 Å². The number of esters is 4. The fourth-order valence-corrected chi connectivity index (χ4v) is 6.65. The molecule has 5 rings (SSSR count). The fourth-order valence-electron chi connectivity index (χ4n) is 6.59. The van der Waals surface area contributed by atoms with E-state index in [0.29, 0.717) is 5.56 Å². The highest BCUT2D eigenvalue weighted by Gasteiger charge is 2.57. The Morgan fingerprint density at radius 3 is 1.72 bits per heavy atom. The predicted octanol–water partition coefficient (Wildman–Crippen LogP) is 3.75. The van der Waals surface area contributed by atoms with Crippen LogP contribution in [0, 0.1) is 0 Å². The summed E-state index contributed by atoms with van der Waals surface area (Å²) in [6.45, 7) is 1.67. The van der Waals surface area contributed by atoms with Gasteiger partial charge in [-0.2, -0.15) is 0 Å². The maximum Gasteiger partial charge on any atom is 0.407 e. The topological polar surface area (TPSA) is 199 Å². The Bertz CT molecular complexity index is 1840. The molecule has 2 saturated heterocycles. The molecule has 2 heterocycles. The van der Waals surface area contributed by atoms with E-state index in [1.807, 2.05) is 36.4 Å². The molecule has 0 saturated carbocycles. The number of benzene rings is 3. The summed E-state index contributed by atoms with van der Waals surface area (Å²) in [5.74, 6) is -4.02. The number of hydrogen-bond acceptors (Lipinski definition) is 16. The number of methoxy groups -OCH3 is 2. The Morgan fingerprint density at radius 1 is 0.633 bits per heavy atom. The van der Waals surface area contributed by atoms with E-state index in [9.17, 15) is 24.0 Å². The summed E-state index contributed by atoms with van der Waals surface area (Å²) in [4.78, 5) is 64.6. The van der Waals surface area contributed by atoms with Gasteiger partial charge in [-0.05, 0) is 16.7 Å². The summed E-state index contributed by atoms with van der Waals surface area (Å²) < 4.78 is 65.1. The van der Waals surface area contributed by atoms with E-state index < -0.39 is 104 Å². The van der Waals surface area contributed by atoms with Crippen molar-refractivity contribution in [2.45, 2.75) is 95.0 Å². The molecular weight excluding hydrogens is 810 g/mol. The van der Waals surface area contributed by atoms with E-state index in [4.69, 9.17) is 63.7 Å². The standard InChI is InChI=1S/C42H48ClNO16/c1-25(45)52-24-30-33(34(53-21-27-14-8-5-9-15-27)32(40(51-4)57-30)44-42(49)55-23-29-18-12-7-13-19-29)59-41-38(56-26(2)46)35(54-22-28-16-10-6-11-17-28)36(58-31(47)20-43)37(60-41)39(48)50-3/h5-19,30,32-38,40-41H,20-24H2,1-4H3,(H,44,49). The highest BCUT2D eigenvalue weighted by Crippen LogP contribution is 2.35. The van der Waals surface area contributed by atoms with Crippen LogP contribution in [0.15, 0.2) is 91.0 Å². The SMILES string of the molecule is COC(=O)C1OC(OC2C(COC(C)=O)OC(OC)C(NC(=O)OCc3ccccc3)C2OCc2ccccc2)C(OC(C)=O)C(OCc2ccccc2)C1OC(=O)CCl. The lowest BCUT2D eigenvalue weighted by atomic mass is 9.94. The molecule has 10 unspecified atom stereocenters. The maximum absolute atomic E-state index is 13.5. The molecule has 2 aliphatic rings. The zero-order chi connectivity index (χ0) is 43.0. The van der Waals surface area contributed by atoms with E-state index in [0.717, 1.165) is 25.2 Å². The fraction of sp³-hybridized carbons (Fsp3) is 0.452. The number of ether oxygens (including phenoxy) is 11. The number of amides is 1. The molecule has 1 N–H and O–H groups in total. The Labute approximate surface area is 351 Å². The lowest BCUT2D eigenvalue weighted by Crippen LogP contribution is -2.69. The summed E-state index contributed by atoms with van der Waals surface area (Å²) in [6.07, 6.45) is -14.0. The zero-order valence-electron chi connectivity index (χ0n) is 33.4. The summed E-state index contributed by atoms with van der Waals surface area (Å²) in [5.41, 5.74) is 2.13. The number of carbonyl (C=O) groups excluding carboxylic acids is 5. The van der Waals surface area contributed by atoms with E-state index in [2.05, 4.69) is 5.32 Å². The van der Waals surface area contributed by atoms with Crippen molar-refractivity contribution in [3.63, 3.8) is 0 Å². The largest absolute Gasteiger partial charge is 0.467 e. The van der Waals surface area contributed by atoms with Gasteiger partial charge in [-0.1, -0.05) is 91.0 Å². The van der Waals surface area contributed by atoms with Gasteiger partial charge in [0, 0.05) is 21.0 Å². The highest BCUT2D eigenvalue weighted by atomic mass is 35.5. The molecule has 0 aromatic heterocycles. The van der Waals surface area contributed by atoms with Crippen LogP contribution in [0.3, 0.4) is 0 Å². The van der Waals surface area contributed by atoms with Crippen LogP contribution in [0.1, 0.15) is 30.5 Å². The van der Waals surface area contributed by atoms with Crippen molar-refractivity contribution >= 4 is 41.6 Å². The third-order valence-corrected chi connectivity index (χ3v) is 9.51. The van der Waals surface area contributed by atoms with Crippen LogP contribution < -0.4 is 5.32 Å². The van der Waals surface area contributed by atoms with Crippen molar-refractivity contribution in [1.82, 2.24) is 5.32 Å².